The minimum Gasteiger partial charge on any atom is -0.354 e. The molecule has 0 heterocycles. The molecular formula is C7H17NO2. The van der Waals surface area contributed by atoms with E-state index in [4.69, 9.17) is 15.9 Å². The van der Waals surface area contributed by atoms with Crippen LogP contribution in [-0.4, -0.2) is 16.1 Å². The van der Waals surface area contributed by atoms with Crippen molar-refractivity contribution in [2.75, 3.05) is 0 Å². The zero-order valence-electron chi connectivity index (χ0n) is 6.51. The summed E-state index contributed by atoms with van der Waals surface area (Å²) in [5.74, 6) is -1.95. The Morgan fingerprint density at radius 2 is 1.80 bits per heavy atom. The van der Waals surface area contributed by atoms with Crippen molar-refractivity contribution < 1.29 is 10.2 Å². The summed E-state index contributed by atoms with van der Waals surface area (Å²) in [5.41, 5.74) is 4.93. The highest BCUT2D eigenvalue weighted by atomic mass is 16.5. The summed E-state index contributed by atoms with van der Waals surface area (Å²) in [4.78, 5) is 0. The molecule has 0 amide bonds. The molecule has 10 heavy (non-hydrogen) atoms. The molecule has 0 aliphatic carbocycles. The Bertz CT molecular complexity index is 78.2. The fraction of sp³-hybridized carbons (Fsp3) is 1.00. The van der Waals surface area contributed by atoms with Crippen LogP contribution < -0.4 is 5.73 Å². The van der Waals surface area contributed by atoms with Crippen molar-refractivity contribution in [3.8, 4) is 0 Å². The van der Waals surface area contributed by atoms with Crippen molar-refractivity contribution in [2.45, 2.75) is 44.9 Å². The van der Waals surface area contributed by atoms with Crippen LogP contribution in [0.2, 0.25) is 0 Å². The van der Waals surface area contributed by atoms with E-state index >= 15 is 0 Å². The van der Waals surface area contributed by atoms with Crippen molar-refractivity contribution in [3.05, 3.63) is 0 Å². The van der Waals surface area contributed by atoms with Gasteiger partial charge in [-0.1, -0.05) is 26.2 Å². The molecule has 0 spiro atoms. The molecule has 0 aliphatic rings. The number of nitrogens with two attached hydrogens (primary N) is 1. The van der Waals surface area contributed by atoms with Crippen LogP contribution in [0.1, 0.15) is 39.0 Å². The zero-order valence-corrected chi connectivity index (χ0v) is 6.51. The first kappa shape index (κ1) is 9.88. The predicted molar refractivity (Wildman–Crippen MR) is 40.1 cm³/mol. The highest BCUT2D eigenvalue weighted by Crippen LogP contribution is 2.07. The summed E-state index contributed by atoms with van der Waals surface area (Å²) in [6, 6.07) is 0. The van der Waals surface area contributed by atoms with E-state index in [-0.39, 0.29) is 6.42 Å². The first-order valence-electron chi connectivity index (χ1n) is 3.80. The van der Waals surface area contributed by atoms with Crippen LogP contribution in [0.15, 0.2) is 0 Å². The van der Waals surface area contributed by atoms with Gasteiger partial charge in [-0.15, -0.1) is 0 Å². The Balaban J connectivity index is 3.04. The number of unbranched alkanes of at least 4 members (excludes halogenated alkanes) is 3. The van der Waals surface area contributed by atoms with E-state index in [1.807, 2.05) is 0 Å². The van der Waals surface area contributed by atoms with Gasteiger partial charge in [-0.05, 0) is 6.42 Å². The summed E-state index contributed by atoms with van der Waals surface area (Å²) < 4.78 is 0. The van der Waals surface area contributed by atoms with Crippen LogP contribution in [0, 0.1) is 0 Å². The van der Waals surface area contributed by atoms with Gasteiger partial charge in [0.2, 0.25) is 5.91 Å². The summed E-state index contributed by atoms with van der Waals surface area (Å²) in [5, 5.41) is 17.3. The van der Waals surface area contributed by atoms with Gasteiger partial charge in [-0.25, -0.2) is 0 Å². The Morgan fingerprint density at radius 1 is 1.20 bits per heavy atom. The first-order chi connectivity index (χ1) is 4.56. The second-order valence-corrected chi connectivity index (χ2v) is 2.69. The van der Waals surface area contributed by atoms with Gasteiger partial charge >= 0.3 is 0 Å². The topological polar surface area (TPSA) is 66.5 Å². The molecule has 0 unspecified atom stereocenters. The van der Waals surface area contributed by atoms with Crippen LogP contribution in [0.25, 0.3) is 0 Å². The largest absolute Gasteiger partial charge is 0.354 e. The zero-order chi connectivity index (χ0) is 8.04. The molecule has 0 aromatic heterocycles. The molecule has 0 aliphatic heterocycles. The summed E-state index contributed by atoms with van der Waals surface area (Å²) in [7, 11) is 0. The average Bonchev–Trinajstić information content (AvgIpc) is 1.78. The van der Waals surface area contributed by atoms with Crippen molar-refractivity contribution in [3.63, 3.8) is 0 Å². The lowest BCUT2D eigenvalue weighted by Gasteiger charge is -2.14. The molecule has 0 rings (SSSR count). The fourth-order valence-corrected chi connectivity index (χ4v) is 0.812. The number of rotatable bonds is 5. The molecule has 0 aromatic carbocycles. The molecule has 0 atom stereocenters. The van der Waals surface area contributed by atoms with Gasteiger partial charge in [0.05, 0.1) is 0 Å². The maximum Gasteiger partial charge on any atom is 0.219 e. The molecule has 3 nitrogen and oxygen atoms in total. The highest BCUT2D eigenvalue weighted by molar-refractivity contribution is 4.53. The number of aliphatic hydroxyl groups is 2. The molecule has 3 heteroatoms. The SMILES string of the molecule is CCCCCCC(N)(O)O. The lowest BCUT2D eigenvalue weighted by Crippen LogP contribution is -2.38. The predicted octanol–water partition coefficient (Wildman–Crippen LogP) is 0.554. The van der Waals surface area contributed by atoms with Gasteiger partial charge in [0.1, 0.15) is 0 Å². The third kappa shape index (κ3) is 7.88. The Kier molecular flexibility index (Phi) is 4.60. The van der Waals surface area contributed by atoms with E-state index < -0.39 is 5.91 Å². The Labute approximate surface area is 61.9 Å². The van der Waals surface area contributed by atoms with Gasteiger partial charge in [-0.2, -0.15) is 0 Å². The molecule has 0 radical (unpaired) electrons. The number of hydrogen-bond donors (Lipinski definition) is 3. The van der Waals surface area contributed by atoms with Gasteiger partial charge in [0, 0.05) is 6.42 Å². The maximum atomic E-state index is 8.65. The smallest absolute Gasteiger partial charge is 0.219 e. The molecule has 0 saturated carbocycles. The lowest BCUT2D eigenvalue weighted by atomic mass is 10.1. The second-order valence-electron chi connectivity index (χ2n) is 2.69. The lowest BCUT2D eigenvalue weighted by molar-refractivity contribution is -0.160. The van der Waals surface area contributed by atoms with Gasteiger partial charge < -0.3 is 10.2 Å². The van der Waals surface area contributed by atoms with Crippen molar-refractivity contribution in [1.82, 2.24) is 0 Å². The minimum absolute atomic E-state index is 0.271. The standard InChI is InChI=1S/C7H17NO2/c1-2-3-4-5-6-7(8,9)10/h9-10H,2-6,8H2,1H3. The van der Waals surface area contributed by atoms with Crippen molar-refractivity contribution >= 4 is 0 Å². The van der Waals surface area contributed by atoms with Crippen LogP contribution in [-0.2, 0) is 0 Å². The first-order valence-corrected chi connectivity index (χ1v) is 3.80. The van der Waals surface area contributed by atoms with E-state index in [1.54, 1.807) is 0 Å². The second kappa shape index (κ2) is 4.66. The highest BCUT2D eigenvalue weighted by Gasteiger charge is 2.13. The molecule has 0 aromatic rings. The summed E-state index contributed by atoms with van der Waals surface area (Å²) in [6.45, 7) is 2.10. The van der Waals surface area contributed by atoms with Crippen LogP contribution >= 0.6 is 0 Å². The van der Waals surface area contributed by atoms with E-state index in [0.29, 0.717) is 0 Å². The quantitative estimate of drug-likeness (QED) is 0.393. The minimum atomic E-state index is -1.95. The van der Waals surface area contributed by atoms with Gasteiger partial charge in [-0.3, -0.25) is 5.73 Å². The molecule has 0 saturated heterocycles. The van der Waals surface area contributed by atoms with E-state index in [1.165, 1.54) is 0 Å². The Hall–Kier alpha value is -0.120. The Morgan fingerprint density at radius 3 is 2.20 bits per heavy atom. The molecule has 62 valence electrons. The van der Waals surface area contributed by atoms with E-state index in [9.17, 15) is 0 Å². The van der Waals surface area contributed by atoms with Crippen LogP contribution in [0.4, 0.5) is 0 Å². The molecule has 4 N–H and O–H groups in total. The van der Waals surface area contributed by atoms with E-state index in [2.05, 4.69) is 6.92 Å². The summed E-state index contributed by atoms with van der Waals surface area (Å²) >= 11 is 0. The average molecular weight is 147 g/mol. The fourth-order valence-electron chi connectivity index (χ4n) is 0.812. The molecule has 0 fully saturated rings. The monoisotopic (exact) mass is 147 g/mol. The third-order valence-electron chi connectivity index (χ3n) is 1.40. The van der Waals surface area contributed by atoms with E-state index in [0.717, 1.165) is 25.7 Å². The normalized spacial score (nSPS) is 12.0. The van der Waals surface area contributed by atoms with Crippen LogP contribution in [0.5, 0.6) is 0 Å². The van der Waals surface area contributed by atoms with Crippen LogP contribution in [0.3, 0.4) is 0 Å². The van der Waals surface area contributed by atoms with Crippen molar-refractivity contribution in [2.24, 2.45) is 5.73 Å². The van der Waals surface area contributed by atoms with Crippen molar-refractivity contribution in [1.29, 1.82) is 0 Å². The number of hydrogen-bond acceptors (Lipinski definition) is 3. The van der Waals surface area contributed by atoms with Gasteiger partial charge in [0.15, 0.2) is 0 Å². The molecule has 0 bridgehead atoms. The molecular weight excluding hydrogens is 130 g/mol. The maximum absolute atomic E-state index is 8.65. The third-order valence-corrected chi connectivity index (χ3v) is 1.40. The van der Waals surface area contributed by atoms with Gasteiger partial charge in [0.25, 0.3) is 0 Å². The summed E-state index contributed by atoms with van der Waals surface area (Å²) in [6.07, 6.45) is 4.37.